The number of fused-ring (bicyclic) bond motifs is 5. The molecule has 25 heavy (non-hydrogen) atoms. The van der Waals surface area contributed by atoms with Gasteiger partial charge in [-0.05, 0) is 18.2 Å². The number of rotatable bonds is 1. The lowest BCUT2D eigenvalue weighted by atomic mass is 10.0. The van der Waals surface area contributed by atoms with E-state index in [0.717, 1.165) is 28.2 Å². The first-order valence-corrected chi connectivity index (χ1v) is 7.90. The van der Waals surface area contributed by atoms with Crippen molar-refractivity contribution in [3.63, 3.8) is 0 Å². The van der Waals surface area contributed by atoms with Gasteiger partial charge in [-0.15, -0.1) is 0 Å². The lowest BCUT2D eigenvalue weighted by Gasteiger charge is -2.09. The average molecular weight is 355 g/mol. The molecule has 4 heterocycles. The maximum atomic E-state index is 9.36. The predicted molar refractivity (Wildman–Crippen MR) is 88.5 cm³/mol. The van der Waals surface area contributed by atoms with E-state index in [1.165, 1.54) is 0 Å². The Morgan fingerprint density at radius 3 is 2.96 bits per heavy atom. The van der Waals surface area contributed by atoms with Gasteiger partial charge in [0.2, 0.25) is 5.82 Å². The Morgan fingerprint density at radius 2 is 2.16 bits per heavy atom. The fourth-order valence-corrected chi connectivity index (χ4v) is 3.40. The van der Waals surface area contributed by atoms with Crippen molar-refractivity contribution in [3.05, 3.63) is 47.0 Å². The molecule has 1 aliphatic rings. The van der Waals surface area contributed by atoms with Crippen LogP contribution in [0.15, 0.2) is 35.2 Å². The molecule has 0 atom stereocenters. The third kappa shape index (κ3) is 2.07. The van der Waals surface area contributed by atoms with Crippen LogP contribution in [-0.2, 0) is 13.5 Å². The van der Waals surface area contributed by atoms with Crippen LogP contribution in [0.2, 0.25) is 5.02 Å². The highest BCUT2D eigenvalue weighted by atomic mass is 35.5. The topological polar surface area (TPSA) is 94.8 Å². The summed E-state index contributed by atoms with van der Waals surface area (Å²) in [6.45, 7) is 0. The summed E-state index contributed by atoms with van der Waals surface area (Å²) in [7, 11) is 1.88. The van der Waals surface area contributed by atoms with Crippen LogP contribution in [0.5, 0.6) is 6.08 Å². The van der Waals surface area contributed by atoms with Crippen LogP contribution in [0.1, 0.15) is 11.3 Å². The predicted octanol–water partition coefficient (Wildman–Crippen LogP) is 2.59. The first-order valence-electron chi connectivity index (χ1n) is 7.52. The molecule has 9 heteroatoms. The maximum absolute atomic E-state index is 9.36. The van der Waals surface area contributed by atoms with Crippen LogP contribution in [0.3, 0.4) is 0 Å². The number of halogens is 1. The van der Waals surface area contributed by atoms with E-state index in [-0.39, 0.29) is 5.82 Å². The van der Waals surface area contributed by atoms with Gasteiger partial charge in [-0.2, -0.15) is 10.1 Å². The smallest absolute Gasteiger partial charge is 0.415 e. The van der Waals surface area contributed by atoms with E-state index in [0.29, 0.717) is 17.1 Å². The SMILES string of the molecule is Cn1cc2c(n1)-c1cc(Cl)ccc1-n1cnc(-c3noc(O)n3)c1C2. The summed E-state index contributed by atoms with van der Waals surface area (Å²) in [6.07, 6.45) is 3.77. The second-order valence-corrected chi connectivity index (χ2v) is 6.26. The van der Waals surface area contributed by atoms with Crippen LogP contribution in [0, 0.1) is 0 Å². The number of imidazole rings is 1. The summed E-state index contributed by atoms with van der Waals surface area (Å²) in [5, 5.41) is 18.4. The molecular formula is C16H11ClN6O2. The van der Waals surface area contributed by atoms with Crippen molar-refractivity contribution in [3.8, 4) is 34.5 Å². The van der Waals surface area contributed by atoms with E-state index in [1.54, 1.807) is 11.0 Å². The molecule has 5 rings (SSSR count). The third-order valence-corrected chi connectivity index (χ3v) is 4.46. The zero-order chi connectivity index (χ0) is 17.1. The molecule has 0 fully saturated rings. The van der Waals surface area contributed by atoms with Crippen molar-refractivity contribution in [1.29, 1.82) is 0 Å². The Kier molecular flexibility index (Phi) is 2.81. The lowest BCUT2D eigenvalue weighted by Crippen LogP contribution is -2.00. The molecule has 0 aliphatic carbocycles. The molecule has 0 bridgehead atoms. The van der Waals surface area contributed by atoms with Gasteiger partial charge < -0.3 is 9.67 Å². The van der Waals surface area contributed by atoms with Gasteiger partial charge in [-0.1, -0.05) is 16.8 Å². The molecule has 0 unspecified atom stereocenters. The van der Waals surface area contributed by atoms with Crippen molar-refractivity contribution < 1.29 is 9.63 Å². The van der Waals surface area contributed by atoms with E-state index in [2.05, 4.69) is 24.7 Å². The lowest BCUT2D eigenvalue weighted by molar-refractivity contribution is 0.267. The highest BCUT2D eigenvalue weighted by Crippen LogP contribution is 2.38. The molecule has 0 radical (unpaired) electrons. The molecule has 124 valence electrons. The molecule has 0 saturated heterocycles. The Labute approximate surface area is 146 Å². The minimum atomic E-state index is -0.486. The van der Waals surface area contributed by atoms with Gasteiger partial charge in [-0.3, -0.25) is 9.20 Å². The fourth-order valence-electron chi connectivity index (χ4n) is 3.23. The molecule has 8 nitrogen and oxygen atoms in total. The van der Waals surface area contributed by atoms with Crippen molar-refractivity contribution >= 4 is 11.6 Å². The third-order valence-electron chi connectivity index (χ3n) is 4.23. The van der Waals surface area contributed by atoms with Gasteiger partial charge in [0.05, 0.1) is 17.1 Å². The Morgan fingerprint density at radius 1 is 1.28 bits per heavy atom. The number of nitrogens with zero attached hydrogens (tertiary/aromatic N) is 6. The van der Waals surface area contributed by atoms with Gasteiger partial charge in [0, 0.05) is 35.8 Å². The molecule has 4 aromatic rings. The van der Waals surface area contributed by atoms with Gasteiger partial charge >= 0.3 is 6.08 Å². The van der Waals surface area contributed by atoms with Crippen LogP contribution in [0.4, 0.5) is 0 Å². The maximum Gasteiger partial charge on any atom is 0.415 e. The highest BCUT2D eigenvalue weighted by molar-refractivity contribution is 6.31. The number of hydrogen-bond donors (Lipinski definition) is 1. The van der Waals surface area contributed by atoms with Gasteiger partial charge in [-0.25, -0.2) is 4.98 Å². The Balaban J connectivity index is 1.82. The minimum absolute atomic E-state index is 0.245. The zero-order valence-electron chi connectivity index (χ0n) is 13.0. The van der Waals surface area contributed by atoms with Crippen LogP contribution in [0.25, 0.3) is 28.5 Å². The fraction of sp³-hybridized carbons (Fsp3) is 0.125. The van der Waals surface area contributed by atoms with Gasteiger partial charge in [0.15, 0.2) is 0 Å². The number of aromatic nitrogens is 6. The Bertz CT molecular complexity index is 1130. The van der Waals surface area contributed by atoms with E-state index in [9.17, 15) is 5.11 Å². The number of hydrogen-bond acceptors (Lipinski definition) is 6. The zero-order valence-corrected chi connectivity index (χ0v) is 13.8. The van der Waals surface area contributed by atoms with Crippen molar-refractivity contribution in [2.75, 3.05) is 0 Å². The summed E-state index contributed by atoms with van der Waals surface area (Å²) in [6, 6.07) is 5.67. The summed E-state index contributed by atoms with van der Waals surface area (Å²) in [5.74, 6) is 0.245. The van der Waals surface area contributed by atoms with Crippen molar-refractivity contribution in [2.45, 2.75) is 6.42 Å². The molecule has 1 aliphatic heterocycles. The average Bonchev–Trinajstić information content (AvgIpc) is 3.25. The number of benzene rings is 1. The quantitative estimate of drug-likeness (QED) is 0.497. The normalized spacial score (nSPS) is 12.4. The standard InChI is InChI=1S/C16H11ClN6O2/c1-22-6-8-4-12-14(15-19-16(24)25-21-15)18-7-23(12)11-3-2-9(17)5-10(11)13(8)20-22/h2-3,5-7H,4H2,1H3,(H,19,21,24). The first-order chi connectivity index (χ1) is 12.1. The molecular weight excluding hydrogens is 344 g/mol. The summed E-state index contributed by atoms with van der Waals surface area (Å²) >= 11 is 6.21. The van der Waals surface area contributed by atoms with E-state index in [1.807, 2.05) is 36.0 Å². The van der Waals surface area contributed by atoms with E-state index >= 15 is 0 Å². The number of aromatic hydroxyl groups is 1. The second-order valence-electron chi connectivity index (χ2n) is 5.83. The van der Waals surface area contributed by atoms with Crippen molar-refractivity contribution in [2.24, 2.45) is 7.05 Å². The van der Waals surface area contributed by atoms with Crippen LogP contribution >= 0.6 is 11.6 Å². The summed E-state index contributed by atoms with van der Waals surface area (Å²) in [4.78, 5) is 8.31. The highest BCUT2D eigenvalue weighted by Gasteiger charge is 2.26. The molecule has 0 amide bonds. The van der Waals surface area contributed by atoms with E-state index < -0.39 is 6.08 Å². The molecule has 3 aromatic heterocycles. The molecule has 1 N–H and O–H groups in total. The molecule has 0 saturated carbocycles. The Hall–Kier alpha value is -3.13. The van der Waals surface area contributed by atoms with Gasteiger partial charge in [0.1, 0.15) is 12.0 Å². The summed E-state index contributed by atoms with van der Waals surface area (Å²) in [5.41, 5.74) is 5.22. The number of aryl methyl sites for hydroxylation is 1. The monoisotopic (exact) mass is 354 g/mol. The van der Waals surface area contributed by atoms with Crippen LogP contribution in [-0.4, -0.2) is 34.6 Å². The second kappa shape index (κ2) is 4.93. The summed E-state index contributed by atoms with van der Waals surface area (Å²) < 4.78 is 8.43. The van der Waals surface area contributed by atoms with Crippen LogP contribution < -0.4 is 0 Å². The molecule has 0 spiro atoms. The first kappa shape index (κ1) is 14.2. The van der Waals surface area contributed by atoms with E-state index in [4.69, 9.17) is 11.6 Å². The largest absolute Gasteiger partial charge is 0.464 e. The molecule has 1 aromatic carbocycles. The van der Waals surface area contributed by atoms with Gasteiger partial charge in [0.25, 0.3) is 0 Å². The van der Waals surface area contributed by atoms with Crippen molar-refractivity contribution in [1.82, 2.24) is 29.5 Å². The minimum Gasteiger partial charge on any atom is -0.464 e.